The van der Waals surface area contributed by atoms with Gasteiger partial charge in [-0.3, -0.25) is 9.69 Å². The van der Waals surface area contributed by atoms with Crippen LogP contribution in [-0.2, 0) is 11.3 Å². The van der Waals surface area contributed by atoms with Crippen LogP contribution in [0.4, 0.5) is 0 Å². The summed E-state index contributed by atoms with van der Waals surface area (Å²) in [6.45, 7) is 8.29. The second-order valence-electron chi connectivity index (χ2n) is 5.56. The second-order valence-corrected chi connectivity index (χ2v) is 5.56. The standard InChI is InChI=1S/C14H21NO3/c1-9(2)12-7-15(8-13(12)14(16)17)6-11-5-4-10(3)18-11/h4-5,9,12-13H,6-8H2,1-3H3,(H,16,17)/t12-,13+/m0/s1. The third kappa shape index (κ3) is 2.75. The van der Waals surface area contributed by atoms with Crippen molar-refractivity contribution in [1.29, 1.82) is 0 Å². The Bertz CT molecular complexity index is 424. The molecule has 1 aromatic rings. The minimum atomic E-state index is -0.674. The van der Waals surface area contributed by atoms with E-state index in [4.69, 9.17) is 4.42 Å². The predicted molar refractivity (Wildman–Crippen MR) is 68.2 cm³/mol. The maximum Gasteiger partial charge on any atom is 0.308 e. The smallest absolute Gasteiger partial charge is 0.308 e. The number of hydrogen-bond acceptors (Lipinski definition) is 3. The van der Waals surface area contributed by atoms with E-state index in [1.54, 1.807) is 0 Å². The Kier molecular flexibility index (Phi) is 3.76. The van der Waals surface area contributed by atoms with Crippen LogP contribution in [0.3, 0.4) is 0 Å². The molecular formula is C14H21NO3. The molecule has 2 atom stereocenters. The maximum atomic E-state index is 11.3. The SMILES string of the molecule is Cc1ccc(CN2C[C@@H](C(=O)O)[C@H](C(C)C)C2)o1. The van der Waals surface area contributed by atoms with Crippen LogP contribution in [0.15, 0.2) is 16.5 Å². The number of carbonyl (C=O) groups is 1. The van der Waals surface area contributed by atoms with Crippen LogP contribution >= 0.6 is 0 Å². The summed E-state index contributed by atoms with van der Waals surface area (Å²) in [6.07, 6.45) is 0. The first-order chi connectivity index (χ1) is 8.47. The second kappa shape index (κ2) is 5.14. The van der Waals surface area contributed by atoms with Gasteiger partial charge in [-0.2, -0.15) is 0 Å². The van der Waals surface area contributed by atoms with E-state index < -0.39 is 5.97 Å². The molecule has 100 valence electrons. The zero-order chi connectivity index (χ0) is 13.3. The van der Waals surface area contributed by atoms with Crippen molar-refractivity contribution in [3.63, 3.8) is 0 Å². The first-order valence-electron chi connectivity index (χ1n) is 6.48. The lowest BCUT2D eigenvalue weighted by molar-refractivity contribution is -0.143. The Morgan fingerprint density at radius 2 is 2.22 bits per heavy atom. The third-order valence-corrected chi connectivity index (χ3v) is 3.79. The van der Waals surface area contributed by atoms with Gasteiger partial charge in [0, 0.05) is 13.1 Å². The van der Waals surface area contributed by atoms with Crippen LogP contribution in [0.2, 0.25) is 0 Å². The molecule has 0 saturated carbocycles. The molecule has 1 aliphatic heterocycles. The van der Waals surface area contributed by atoms with E-state index in [1.807, 2.05) is 19.1 Å². The highest BCUT2D eigenvalue weighted by molar-refractivity contribution is 5.71. The fourth-order valence-electron chi connectivity index (χ4n) is 2.77. The van der Waals surface area contributed by atoms with Gasteiger partial charge in [0.1, 0.15) is 11.5 Å². The summed E-state index contributed by atoms with van der Waals surface area (Å²) < 4.78 is 5.55. The van der Waals surface area contributed by atoms with E-state index in [9.17, 15) is 9.90 Å². The fraction of sp³-hybridized carbons (Fsp3) is 0.643. The van der Waals surface area contributed by atoms with E-state index in [0.717, 1.165) is 18.1 Å². The van der Waals surface area contributed by atoms with Crippen LogP contribution < -0.4 is 0 Å². The van der Waals surface area contributed by atoms with Crippen LogP contribution in [-0.4, -0.2) is 29.1 Å². The van der Waals surface area contributed by atoms with E-state index in [2.05, 4.69) is 18.7 Å². The highest BCUT2D eigenvalue weighted by atomic mass is 16.4. The largest absolute Gasteiger partial charge is 0.481 e. The highest BCUT2D eigenvalue weighted by Gasteiger charge is 2.39. The molecule has 1 fully saturated rings. The molecule has 0 bridgehead atoms. The minimum absolute atomic E-state index is 0.235. The van der Waals surface area contributed by atoms with Gasteiger partial charge < -0.3 is 9.52 Å². The van der Waals surface area contributed by atoms with Crippen molar-refractivity contribution in [3.05, 3.63) is 23.7 Å². The van der Waals surface area contributed by atoms with Gasteiger partial charge in [-0.25, -0.2) is 0 Å². The van der Waals surface area contributed by atoms with Crippen molar-refractivity contribution in [2.75, 3.05) is 13.1 Å². The zero-order valence-corrected chi connectivity index (χ0v) is 11.2. The summed E-state index contributed by atoms with van der Waals surface area (Å²) in [7, 11) is 0. The molecule has 1 saturated heterocycles. The average Bonchev–Trinajstić information content (AvgIpc) is 2.85. The topological polar surface area (TPSA) is 53.7 Å². The Labute approximate surface area is 108 Å². The molecule has 4 heteroatoms. The number of furan rings is 1. The Balaban J connectivity index is 2.02. The van der Waals surface area contributed by atoms with Gasteiger partial charge in [-0.05, 0) is 30.9 Å². The Morgan fingerprint density at radius 1 is 1.50 bits per heavy atom. The summed E-state index contributed by atoms with van der Waals surface area (Å²) in [5.74, 6) is 1.53. The molecule has 2 rings (SSSR count). The summed E-state index contributed by atoms with van der Waals surface area (Å²) in [4.78, 5) is 13.5. The van der Waals surface area contributed by atoms with Crippen molar-refractivity contribution in [2.24, 2.45) is 17.8 Å². The van der Waals surface area contributed by atoms with Gasteiger partial charge in [0.15, 0.2) is 0 Å². The van der Waals surface area contributed by atoms with E-state index in [-0.39, 0.29) is 11.8 Å². The molecule has 0 aromatic carbocycles. The lowest BCUT2D eigenvalue weighted by Gasteiger charge is -2.18. The summed E-state index contributed by atoms with van der Waals surface area (Å²) in [5.41, 5.74) is 0. The Morgan fingerprint density at radius 3 is 2.67 bits per heavy atom. The number of aliphatic carboxylic acids is 1. The van der Waals surface area contributed by atoms with Crippen LogP contribution in [0, 0.1) is 24.7 Å². The molecule has 18 heavy (non-hydrogen) atoms. The molecule has 0 spiro atoms. The predicted octanol–water partition coefficient (Wildman–Crippen LogP) is 2.38. The minimum Gasteiger partial charge on any atom is -0.481 e. The number of carboxylic acid groups (broad SMARTS) is 1. The monoisotopic (exact) mass is 251 g/mol. The summed E-state index contributed by atoms with van der Waals surface area (Å²) in [6, 6.07) is 3.91. The van der Waals surface area contributed by atoms with Crippen molar-refractivity contribution in [1.82, 2.24) is 4.90 Å². The molecule has 0 amide bonds. The maximum absolute atomic E-state index is 11.3. The first-order valence-corrected chi connectivity index (χ1v) is 6.48. The molecular weight excluding hydrogens is 230 g/mol. The van der Waals surface area contributed by atoms with Gasteiger partial charge in [0.2, 0.25) is 0 Å². The van der Waals surface area contributed by atoms with E-state index >= 15 is 0 Å². The number of carboxylic acids is 1. The number of hydrogen-bond donors (Lipinski definition) is 1. The molecule has 1 N–H and O–H groups in total. The molecule has 4 nitrogen and oxygen atoms in total. The zero-order valence-electron chi connectivity index (χ0n) is 11.2. The molecule has 2 heterocycles. The number of aryl methyl sites for hydroxylation is 1. The lowest BCUT2D eigenvalue weighted by Crippen LogP contribution is -2.25. The van der Waals surface area contributed by atoms with Crippen LogP contribution in [0.1, 0.15) is 25.4 Å². The first kappa shape index (κ1) is 13.1. The summed E-state index contributed by atoms with van der Waals surface area (Å²) in [5, 5.41) is 9.27. The highest BCUT2D eigenvalue weighted by Crippen LogP contribution is 2.30. The Hall–Kier alpha value is -1.29. The molecule has 1 aromatic heterocycles. The third-order valence-electron chi connectivity index (χ3n) is 3.79. The van der Waals surface area contributed by atoms with Gasteiger partial charge in [0.05, 0.1) is 12.5 Å². The van der Waals surface area contributed by atoms with Crippen molar-refractivity contribution in [3.8, 4) is 0 Å². The normalized spacial score (nSPS) is 24.9. The molecule has 0 aliphatic carbocycles. The number of rotatable bonds is 4. The lowest BCUT2D eigenvalue weighted by atomic mass is 9.86. The average molecular weight is 251 g/mol. The van der Waals surface area contributed by atoms with Gasteiger partial charge >= 0.3 is 5.97 Å². The van der Waals surface area contributed by atoms with Crippen LogP contribution in [0.25, 0.3) is 0 Å². The van der Waals surface area contributed by atoms with Crippen molar-refractivity contribution in [2.45, 2.75) is 27.3 Å². The summed E-state index contributed by atoms with van der Waals surface area (Å²) >= 11 is 0. The van der Waals surface area contributed by atoms with E-state index in [1.165, 1.54) is 0 Å². The number of nitrogens with zero attached hydrogens (tertiary/aromatic N) is 1. The molecule has 0 unspecified atom stereocenters. The molecule has 0 radical (unpaired) electrons. The fourth-order valence-corrected chi connectivity index (χ4v) is 2.77. The van der Waals surface area contributed by atoms with Crippen molar-refractivity contribution >= 4 is 5.97 Å². The quantitative estimate of drug-likeness (QED) is 0.892. The number of likely N-dealkylation sites (tertiary alicyclic amines) is 1. The van der Waals surface area contributed by atoms with Crippen molar-refractivity contribution < 1.29 is 14.3 Å². The molecule has 1 aliphatic rings. The van der Waals surface area contributed by atoms with Gasteiger partial charge in [-0.1, -0.05) is 13.8 Å². The van der Waals surface area contributed by atoms with Crippen LogP contribution in [0.5, 0.6) is 0 Å². The van der Waals surface area contributed by atoms with Gasteiger partial charge in [0.25, 0.3) is 0 Å². The van der Waals surface area contributed by atoms with E-state index in [0.29, 0.717) is 19.0 Å². The van der Waals surface area contributed by atoms with Gasteiger partial charge in [-0.15, -0.1) is 0 Å².